The first kappa shape index (κ1) is 14.4. The lowest BCUT2D eigenvalue weighted by atomic mass is 9.89. The van der Waals surface area contributed by atoms with Gasteiger partial charge in [0, 0.05) is 18.1 Å². The molecule has 0 unspecified atom stereocenters. The van der Waals surface area contributed by atoms with Gasteiger partial charge in [-0.15, -0.1) is 0 Å². The first-order chi connectivity index (χ1) is 10.5. The van der Waals surface area contributed by atoms with E-state index in [9.17, 15) is 4.79 Å². The summed E-state index contributed by atoms with van der Waals surface area (Å²) >= 11 is 0. The second-order valence-corrected chi connectivity index (χ2v) is 5.96. The number of amides is 1. The first-order valence-electron chi connectivity index (χ1n) is 7.15. The zero-order valence-corrected chi connectivity index (χ0v) is 12.8. The summed E-state index contributed by atoms with van der Waals surface area (Å²) in [6.45, 7) is 4.01. The Morgan fingerprint density at radius 3 is 3.00 bits per heavy atom. The summed E-state index contributed by atoms with van der Waals surface area (Å²) in [7, 11) is 1.62. The largest absolute Gasteiger partial charge is 0.497 e. The third kappa shape index (κ3) is 2.77. The fourth-order valence-corrected chi connectivity index (χ4v) is 2.70. The van der Waals surface area contributed by atoms with Crippen molar-refractivity contribution < 1.29 is 14.3 Å². The van der Waals surface area contributed by atoms with Crippen molar-refractivity contribution in [1.82, 2.24) is 15.3 Å². The number of carbonyl (C=O) groups excluding carboxylic acids is 1. The van der Waals surface area contributed by atoms with Gasteiger partial charge in [0.05, 0.1) is 25.7 Å². The van der Waals surface area contributed by atoms with Crippen LogP contribution >= 0.6 is 0 Å². The fourth-order valence-electron chi connectivity index (χ4n) is 2.70. The summed E-state index contributed by atoms with van der Waals surface area (Å²) in [6, 6.07) is 5.53. The highest BCUT2D eigenvalue weighted by atomic mass is 16.5. The Kier molecular flexibility index (Phi) is 3.52. The predicted molar refractivity (Wildman–Crippen MR) is 81.1 cm³/mol. The van der Waals surface area contributed by atoms with E-state index in [-0.39, 0.29) is 17.6 Å². The smallest absolute Gasteiger partial charge is 0.269 e. The highest BCUT2D eigenvalue weighted by molar-refractivity contribution is 5.92. The normalized spacial score (nSPS) is 19.0. The maximum absolute atomic E-state index is 12.3. The Morgan fingerprint density at radius 1 is 1.50 bits per heavy atom. The second kappa shape index (κ2) is 5.36. The van der Waals surface area contributed by atoms with Crippen LogP contribution in [0.2, 0.25) is 0 Å². The molecule has 6 nitrogen and oxygen atoms in total. The molecule has 1 amide bonds. The predicted octanol–water partition coefficient (Wildman–Crippen LogP) is 2.45. The van der Waals surface area contributed by atoms with Crippen molar-refractivity contribution in [2.24, 2.45) is 0 Å². The number of hydrogen-bond acceptors (Lipinski definition) is 4. The van der Waals surface area contributed by atoms with Crippen LogP contribution in [0.25, 0.3) is 0 Å². The van der Waals surface area contributed by atoms with Crippen LogP contribution in [0.4, 0.5) is 0 Å². The lowest BCUT2D eigenvalue weighted by Crippen LogP contribution is -2.41. The molecular formula is C16H19N3O3. The molecule has 22 heavy (non-hydrogen) atoms. The molecule has 1 aromatic heterocycles. The van der Waals surface area contributed by atoms with E-state index >= 15 is 0 Å². The number of nitrogens with one attached hydrogen (secondary N) is 2. The van der Waals surface area contributed by atoms with Gasteiger partial charge in [-0.05, 0) is 26.0 Å². The highest BCUT2D eigenvalue weighted by Gasteiger charge is 2.35. The number of hydrogen-bond donors (Lipinski definition) is 2. The number of methoxy groups -OCH3 is 1. The Balaban J connectivity index is 1.90. The van der Waals surface area contributed by atoms with Crippen LogP contribution in [-0.2, 0) is 0 Å². The van der Waals surface area contributed by atoms with Gasteiger partial charge in [-0.1, -0.05) is 0 Å². The molecular weight excluding hydrogens is 282 g/mol. The van der Waals surface area contributed by atoms with E-state index < -0.39 is 0 Å². The summed E-state index contributed by atoms with van der Waals surface area (Å²) in [4.78, 5) is 19.0. The minimum Gasteiger partial charge on any atom is -0.497 e. The minimum absolute atomic E-state index is 0.125. The van der Waals surface area contributed by atoms with Crippen LogP contribution < -0.4 is 14.8 Å². The molecule has 0 aliphatic carbocycles. The molecule has 116 valence electrons. The quantitative estimate of drug-likeness (QED) is 0.913. The SMILES string of the molecule is COc1ccc2c(c1)OC(C)(C)C[C@@H]2NC(=O)c1cnc[nH]1. The van der Waals surface area contributed by atoms with E-state index in [0.717, 1.165) is 17.1 Å². The van der Waals surface area contributed by atoms with Crippen molar-refractivity contribution >= 4 is 5.91 Å². The minimum atomic E-state index is -0.370. The molecule has 3 rings (SSSR count). The van der Waals surface area contributed by atoms with Gasteiger partial charge in [-0.2, -0.15) is 0 Å². The van der Waals surface area contributed by atoms with Crippen LogP contribution in [-0.4, -0.2) is 28.6 Å². The molecule has 1 aromatic carbocycles. The zero-order valence-electron chi connectivity index (χ0n) is 12.8. The maximum Gasteiger partial charge on any atom is 0.269 e. The number of aromatic nitrogens is 2. The molecule has 0 bridgehead atoms. The molecule has 1 atom stereocenters. The van der Waals surface area contributed by atoms with E-state index in [2.05, 4.69) is 15.3 Å². The number of ether oxygens (including phenoxy) is 2. The van der Waals surface area contributed by atoms with Gasteiger partial charge in [0.25, 0.3) is 5.91 Å². The molecule has 1 aliphatic rings. The molecule has 6 heteroatoms. The molecule has 2 heterocycles. The maximum atomic E-state index is 12.3. The molecule has 0 spiro atoms. The standard InChI is InChI=1S/C16H19N3O3/c1-16(2)7-12(19-15(20)13-8-17-9-18-13)11-5-4-10(21-3)6-14(11)22-16/h4-6,8-9,12H,7H2,1-3H3,(H,17,18)(H,19,20)/t12-/m0/s1. The Bertz CT molecular complexity index is 680. The van der Waals surface area contributed by atoms with E-state index in [1.165, 1.54) is 12.5 Å². The monoisotopic (exact) mass is 301 g/mol. The van der Waals surface area contributed by atoms with Crippen LogP contribution in [0.5, 0.6) is 11.5 Å². The summed E-state index contributed by atoms with van der Waals surface area (Å²) in [6.07, 6.45) is 3.68. The van der Waals surface area contributed by atoms with E-state index in [1.54, 1.807) is 7.11 Å². The molecule has 0 fully saturated rings. The molecule has 0 saturated carbocycles. The molecule has 1 aliphatic heterocycles. The Hall–Kier alpha value is -2.50. The van der Waals surface area contributed by atoms with Gasteiger partial charge < -0.3 is 19.8 Å². The van der Waals surface area contributed by atoms with Crippen molar-refractivity contribution in [1.29, 1.82) is 0 Å². The van der Waals surface area contributed by atoms with Crippen LogP contribution in [0.3, 0.4) is 0 Å². The Morgan fingerprint density at radius 2 is 2.32 bits per heavy atom. The average Bonchev–Trinajstić information content (AvgIpc) is 2.99. The first-order valence-corrected chi connectivity index (χ1v) is 7.15. The van der Waals surface area contributed by atoms with Gasteiger partial charge >= 0.3 is 0 Å². The highest BCUT2D eigenvalue weighted by Crippen LogP contribution is 2.41. The van der Waals surface area contributed by atoms with Gasteiger partial charge in [0.15, 0.2) is 0 Å². The lowest BCUT2D eigenvalue weighted by Gasteiger charge is -2.38. The van der Waals surface area contributed by atoms with Crippen molar-refractivity contribution in [3.63, 3.8) is 0 Å². The number of H-pyrrole nitrogens is 1. The van der Waals surface area contributed by atoms with Gasteiger partial charge in [0.1, 0.15) is 22.8 Å². The van der Waals surface area contributed by atoms with Crippen molar-refractivity contribution in [2.45, 2.75) is 31.9 Å². The third-order valence-corrected chi connectivity index (χ3v) is 3.73. The van der Waals surface area contributed by atoms with Crippen molar-refractivity contribution in [3.8, 4) is 11.5 Å². The summed E-state index contributed by atoms with van der Waals surface area (Å²) in [5, 5.41) is 3.04. The van der Waals surface area contributed by atoms with Gasteiger partial charge in [-0.25, -0.2) is 4.98 Å². The summed E-state index contributed by atoms with van der Waals surface area (Å²) < 4.78 is 11.3. The second-order valence-electron chi connectivity index (χ2n) is 5.96. The number of nitrogens with zero attached hydrogens (tertiary/aromatic N) is 1. The van der Waals surface area contributed by atoms with Crippen LogP contribution in [0.15, 0.2) is 30.7 Å². The number of benzene rings is 1. The molecule has 0 saturated heterocycles. The van der Waals surface area contributed by atoms with E-state index in [1.807, 2.05) is 32.0 Å². The van der Waals surface area contributed by atoms with Crippen LogP contribution in [0.1, 0.15) is 42.4 Å². The number of fused-ring (bicyclic) bond motifs is 1. The van der Waals surface area contributed by atoms with E-state index in [4.69, 9.17) is 9.47 Å². The summed E-state index contributed by atoms with van der Waals surface area (Å²) in [5.74, 6) is 1.29. The zero-order chi connectivity index (χ0) is 15.7. The summed E-state index contributed by atoms with van der Waals surface area (Å²) in [5.41, 5.74) is 1.03. The number of imidazole rings is 1. The van der Waals surface area contributed by atoms with Crippen molar-refractivity contribution in [2.75, 3.05) is 7.11 Å². The van der Waals surface area contributed by atoms with Gasteiger partial charge in [0.2, 0.25) is 0 Å². The Labute approximate surface area is 128 Å². The van der Waals surface area contributed by atoms with Gasteiger partial charge in [-0.3, -0.25) is 4.79 Å². The third-order valence-electron chi connectivity index (χ3n) is 3.73. The number of rotatable bonds is 3. The van der Waals surface area contributed by atoms with Crippen molar-refractivity contribution in [3.05, 3.63) is 42.0 Å². The van der Waals surface area contributed by atoms with E-state index in [0.29, 0.717) is 12.1 Å². The van der Waals surface area contributed by atoms with Crippen LogP contribution in [0, 0.1) is 0 Å². The fraction of sp³-hybridized carbons (Fsp3) is 0.375. The number of aromatic amines is 1. The molecule has 0 radical (unpaired) electrons. The molecule has 2 aromatic rings. The number of carbonyl (C=O) groups is 1. The molecule has 2 N–H and O–H groups in total. The topological polar surface area (TPSA) is 76.2 Å². The lowest BCUT2D eigenvalue weighted by molar-refractivity contribution is 0.0616. The average molecular weight is 301 g/mol.